The average molecular weight is 456 g/mol. The predicted octanol–water partition coefficient (Wildman–Crippen LogP) is 3.59. The van der Waals surface area contributed by atoms with E-state index >= 15 is 0 Å². The average Bonchev–Trinajstić information content (AvgIpc) is 2.73. The standard InChI is InChI=1S/C23H41N3O6/c1-2-3-13-16-24-23(32)25-17-14-11-9-7-5-4-6-8-10-12-15-20(27)26-19(22(30)31)18-21(28)29/h5,7,19H,2-4,6,8-18H2,1H3,(H,26,27)(H,28,29)(H,30,31)(H2,24,25,32)/b7-5-/t19-/m0/s1. The van der Waals surface area contributed by atoms with Gasteiger partial charge >= 0.3 is 18.0 Å². The molecule has 0 spiro atoms. The summed E-state index contributed by atoms with van der Waals surface area (Å²) in [5.74, 6) is -3.03. The van der Waals surface area contributed by atoms with E-state index in [1.54, 1.807) is 0 Å². The predicted molar refractivity (Wildman–Crippen MR) is 123 cm³/mol. The lowest BCUT2D eigenvalue weighted by atomic mass is 10.1. The molecule has 0 bridgehead atoms. The third kappa shape index (κ3) is 19.4. The molecule has 0 unspecified atom stereocenters. The van der Waals surface area contributed by atoms with E-state index in [0.29, 0.717) is 13.0 Å². The Hall–Kier alpha value is -2.58. The highest BCUT2D eigenvalue weighted by molar-refractivity contribution is 5.86. The van der Waals surface area contributed by atoms with Crippen LogP contribution in [0.1, 0.15) is 90.4 Å². The van der Waals surface area contributed by atoms with Gasteiger partial charge in [0, 0.05) is 19.5 Å². The SMILES string of the molecule is CCCCCNC(=O)NCCCC/C=C\CCCCCCC(=O)N[C@@H](CC(=O)O)C(=O)O. The summed E-state index contributed by atoms with van der Waals surface area (Å²) in [5, 5.41) is 25.5. The first-order chi connectivity index (χ1) is 15.4. The molecule has 5 N–H and O–H groups in total. The zero-order valence-electron chi connectivity index (χ0n) is 19.4. The number of nitrogens with one attached hydrogen (secondary N) is 3. The van der Waals surface area contributed by atoms with Crippen molar-refractivity contribution in [1.29, 1.82) is 0 Å². The van der Waals surface area contributed by atoms with E-state index in [0.717, 1.165) is 70.8 Å². The molecule has 0 aliphatic heterocycles. The van der Waals surface area contributed by atoms with Crippen LogP contribution in [-0.2, 0) is 14.4 Å². The second-order valence-corrected chi connectivity index (χ2v) is 7.87. The van der Waals surface area contributed by atoms with Gasteiger partial charge in [0.1, 0.15) is 6.04 Å². The van der Waals surface area contributed by atoms with Crippen molar-refractivity contribution in [3.63, 3.8) is 0 Å². The molecule has 0 aromatic carbocycles. The van der Waals surface area contributed by atoms with Crippen LogP contribution >= 0.6 is 0 Å². The Morgan fingerprint density at radius 1 is 0.781 bits per heavy atom. The smallest absolute Gasteiger partial charge is 0.326 e. The molecule has 9 heteroatoms. The molecule has 0 fully saturated rings. The maximum absolute atomic E-state index is 11.7. The van der Waals surface area contributed by atoms with Gasteiger partial charge in [0.25, 0.3) is 0 Å². The van der Waals surface area contributed by atoms with E-state index in [2.05, 4.69) is 35.0 Å². The molecule has 3 amide bonds. The fourth-order valence-corrected chi connectivity index (χ4v) is 3.01. The van der Waals surface area contributed by atoms with Crippen molar-refractivity contribution in [1.82, 2.24) is 16.0 Å². The van der Waals surface area contributed by atoms with Gasteiger partial charge in [-0.3, -0.25) is 9.59 Å². The van der Waals surface area contributed by atoms with E-state index in [4.69, 9.17) is 10.2 Å². The summed E-state index contributed by atoms with van der Waals surface area (Å²) in [6.45, 7) is 3.55. The highest BCUT2D eigenvalue weighted by Crippen LogP contribution is 2.07. The van der Waals surface area contributed by atoms with Gasteiger partial charge < -0.3 is 26.2 Å². The van der Waals surface area contributed by atoms with Crippen LogP contribution in [0.3, 0.4) is 0 Å². The molecule has 0 aliphatic carbocycles. The summed E-state index contributed by atoms with van der Waals surface area (Å²) in [4.78, 5) is 44.8. The Labute approximate surface area is 191 Å². The molecule has 1 atom stereocenters. The van der Waals surface area contributed by atoms with E-state index in [-0.39, 0.29) is 12.5 Å². The molecule has 32 heavy (non-hydrogen) atoms. The van der Waals surface area contributed by atoms with Gasteiger partial charge in [0.2, 0.25) is 5.91 Å². The topological polar surface area (TPSA) is 145 Å². The minimum atomic E-state index is -1.38. The summed E-state index contributed by atoms with van der Waals surface area (Å²) in [6.07, 6.45) is 14.6. The second kappa shape index (κ2) is 20.3. The quantitative estimate of drug-likeness (QED) is 0.140. The third-order valence-corrected chi connectivity index (χ3v) is 4.85. The van der Waals surface area contributed by atoms with Crippen LogP contribution in [0.2, 0.25) is 0 Å². The molecule has 0 radical (unpaired) electrons. The summed E-state index contributed by atoms with van der Waals surface area (Å²) in [6, 6.07) is -1.47. The van der Waals surface area contributed by atoms with E-state index in [1.807, 2.05) is 0 Å². The first-order valence-corrected chi connectivity index (χ1v) is 11.8. The van der Waals surface area contributed by atoms with Crippen LogP contribution < -0.4 is 16.0 Å². The summed E-state index contributed by atoms with van der Waals surface area (Å²) >= 11 is 0. The van der Waals surface area contributed by atoms with Gasteiger partial charge in [-0.2, -0.15) is 0 Å². The number of carboxylic acid groups (broad SMARTS) is 2. The molecule has 0 saturated heterocycles. The fraction of sp³-hybridized carbons (Fsp3) is 0.739. The van der Waals surface area contributed by atoms with Crippen molar-refractivity contribution >= 4 is 23.9 Å². The van der Waals surface area contributed by atoms with Gasteiger partial charge in [-0.1, -0.05) is 44.8 Å². The zero-order valence-corrected chi connectivity index (χ0v) is 19.4. The summed E-state index contributed by atoms with van der Waals surface area (Å²) in [7, 11) is 0. The number of unbranched alkanes of at least 4 members (excludes halogenated alkanes) is 8. The Morgan fingerprint density at radius 3 is 1.91 bits per heavy atom. The highest BCUT2D eigenvalue weighted by atomic mass is 16.4. The zero-order chi connectivity index (χ0) is 24.0. The summed E-state index contributed by atoms with van der Waals surface area (Å²) < 4.78 is 0. The van der Waals surface area contributed by atoms with Crippen LogP contribution in [0.25, 0.3) is 0 Å². The lowest BCUT2D eigenvalue weighted by molar-refractivity contribution is -0.147. The van der Waals surface area contributed by atoms with E-state index < -0.39 is 30.3 Å². The lowest BCUT2D eigenvalue weighted by Gasteiger charge is -2.12. The Bertz CT molecular complexity index is 580. The van der Waals surface area contributed by atoms with Gasteiger partial charge in [0.15, 0.2) is 0 Å². The van der Waals surface area contributed by atoms with Crippen LogP contribution in [-0.4, -0.2) is 53.2 Å². The normalized spacial score (nSPS) is 11.8. The van der Waals surface area contributed by atoms with Crippen molar-refractivity contribution in [2.75, 3.05) is 13.1 Å². The van der Waals surface area contributed by atoms with Crippen molar-refractivity contribution in [3.8, 4) is 0 Å². The van der Waals surface area contributed by atoms with Crippen LogP contribution in [0.15, 0.2) is 12.2 Å². The van der Waals surface area contributed by atoms with Crippen LogP contribution in [0.4, 0.5) is 4.79 Å². The van der Waals surface area contributed by atoms with Crippen molar-refractivity contribution in [2.24, 2.45) is 0 Å². The first kappa shape index (κ1) is 29.4. The van der Waals surface area contributed by atoms with Crippen molar-refractivity contribution < 1.29 is 29.4 Å². The number of carbonyl (C=O) groups is 4. The number of urea groups is 1. The Kier molecular flexibility index (Phi) is 18.7. The molecule has 0 saturated carbocycles. The fourth-order valence-electron chi connectivity index (χ4n) is 3.01. The van der Waals surface area contributed by atoms with Gasteiger partial charge in [-0.05, 0) is 44.9 Å². The van der Waals surface area contributed by atoms with Crippen molar-refractivity contribution in [2.45, 2.75) is 96.4 Å². The van der Waals surface area contributed by atoms with Gasteiger partial charge in [-0.25, -0.2) is 9.59 Å². The molecular weight excluding hydrogens is 414 g/mol. The minimum absolute atomic E-state index is 0.0870. The number of aliphatic carboxylic acids is 2. The first-order valence-electron chi connectivity index (χ1n) is 11.8. The highest BCUT2D eigenvalue weighted by Gasteiger charge is 2.22. The Balaban J connectivity index is 3.54. The van der Waals surface area contributed by atoms with E-state index in [9.17, 15) is 19.2 Å². The van der Waals surface area contributed by atoms with E-state index in [1.165, 1.54) is 0 Å². The number of carboxylic acids is 2. The molecule has 0 aliphatic rings. The maximum Gasteiger partial charge on any atom is 0.326 e. The molecule has 0 rings (SSSR count). The number of rotatable bonds is 20. The van der Waals surface area contributed by atoms with Gasteiger partial charge in [0.05, 0.1) is 6.42 Å². The Morgan fingerprint density at radius 2 is 1.34 bits per heavy atom. The maximum atomic E-state index is 11.7. The lowest BCUT2D eigenvalue weighted by Crippen LogP contribution is -2.42. The number of hydrogen-bond donors (Lipinski definition) is 5. The summed E-state index contributed by atoms with van der Waals surface area (Å²) in [5.41, 5.74) is 0. The molecular formula is C23H41N3O6. The molecule has 184 valence electrons. The van der Waals surface area contributed by atoms with Gasteiger partial charge in [-0.15, -0.1) is 0 Å². The van der Waals surface area contributed by atoms with Crippen LogP contribution in [0, 0.1) is 0 Å². The third-order valence-electron chi connectivity index (χ3n) is 4.85. The number of carbonyl (C=O) groups excluding carboxylic acids is 2. The largest absolute Gasteiger partial charge is 0.481 e. The number of allylic oxidation sites excluding steroid dienone is 2. The molecule has 9 nitrogen and oxygen atoms in total. The number of amides is 3. The molecule has 0 aromatic rings. The molecule has 0 aromatic heterocycles. The molecule has 0 heterocycles. The second-order valence-electron chi connectivity index (χ2n) is 7.87. The van der Waals surface area contributed by atoms with Crippen LogP contribution in [0.5, 0.6) is 0 Å². The number of hydrogen-bond acceptors (Lipinski definition) is 4. The van der Waals surface area contributed by atoms with Crippen molar-refractivity contribution in [3.05, 3.63) is 12.2 Å². The minimum Gasteiger partial charge on any atom is -0.481 e. The monoisotopic (exact) mass is 455 g/mol.